The molecule has 1 unspecified atom stereocenters. The lowest BCUT2D eigenvalue weighted by Gasteiger charge is -2.30. The summed E-state index contributed by atoms with van der Waals surface area (Å²) in [6.07, 6.45) is 3.95. The summed E-state index contributed by atoms with van der Waals surface area (Å²) < 4.78 is 0. The number of carbonyl (C=O) groups excluding carboxylic acids is 3. The van der Waals surface area contributed by atoms with E-state index in [2.05, 4.69) is 0 Å². The minimum absolute atomic E-state index is 0.0508. The first-order chi connectivity index (χ1) is 13.9. The summed E-state index contributed by atoms with van der Waals surface area (Å²) in [4.78, 5) is 42.0. The molecule has 2 amide bonds. The number of imide groups is 1. The molecule has 0 aliphatic carbocycles. The van der Waals surface area contributed by atoms with Gasteiger partial charge in [-0.25, -0.2) is 4.90 Å². The van der Waals surface area contributed by atoms with E-state index < -0.39 is 17.9 Å². The molecule has 0 bridgehead atoms. The molecule has 146 valence electrons. The monoisotopic (exact) mass is 387 g/mol. The summed E-state index contributed by atoms with van der Waals surface area (Å²) in [5.41, 5.74) is 4.68. The second-order valence-corrected chi connectivity index (χ2v) is 8.38. The van der Waals surface area contributed by atoms with Crippen molar-refractivity contribution in [2.75, 3.05) is 4.90 Å². The number of fused-ring (bicyclic) bond motifs is 5. The lowest BCUT2D eigenvalue weighted by Crippen LogP contribution is -3.12. The van der Waals surface area contributed by atoms with Crippen LogP contribution in [0.3, 0.4) is 0 Å². The fourth-order valence-corrected chi connectivity index (χ4v) is 5.52. The first-order valence-corrected chi connectivity index (χ1v) is 9.99. The molecule has 5 heteroatoms. The van der Waals surface area contributed by atoms with E-state index in [1.54, 1.807) is 0 Å². The zero-order valence-corrected chi connectivity index (χ0v) is 16.7. The minimum atomic E-state index is -0.628. The van der Waals surface area contributed by atoms with Crippen molar-refractivity contribution < 1.29 is 19.3 Å². The van der Waals surface area contributed by atoms with E-state index in [-0.39, 0.29) is 23.6 Å². The van der Waals surface area contributed by atoms with Crippen LogP contribution in [0, 0.1) is 25.7 Å². The van der Waals surface area contributed by atoms with Gasteiger partial charge in [0.05, 0.1) is 11.9 Å². The second kappa shape index (κ2) is 6.22. The Morgan fingerprint density at radius 1 is 1.00 bits per heavy atom. The molecule has 29 heavy (non-hydrogen) atoms. The molecule has 2 saturated heterocycles. The molecule has 3 aliphatic rings. The predicted molar refractivity (Wildman–Crippen MR) is 109 cm³/mol. The van der Waals surface area contributed by atoms with Crippen molar-refractivity contribution in [2.24, 2.45) is 11.8 Å². The van der Waals surface area contributed by atoms with Crippen LogP contribution in [0.4, 0.5) is 5.69 Å². The third kappa shape index (κ3) is 2.40. The van der Waals surface area contributed by atoms with Gasteiger partial charge in [0.2, 0.25) is 11.8 Å². The summed E-state index contributed by atoms with van der Waals surface area (Å²) in [7, 11) is 0. The highest BCUT2D eigenvalue weighted by Crippen LogP contribution is 2.45. The number of quaternary nitrogens is 1. The number of rotatable bonds is 2. The Hall–Kier alpha value is -3.05. The van der Waals surface area contributed by atoms with E-state index in [1.807, 2.05) is 68.6 Å². The zero-order valence-electron chi connectivity index (χ0n) is 16.7. The number of amides is 2. The highest BCUT2D eigenvalue weighted by atomic mass is 16.2. The maximum absolute atomic E-state index is 13.6. The highest BCUT2D eigenvalue weighted by molar-refractivity contribution is 6.24. The van der Waals surface area contributed by atoms with Crippen molar-refractivity contribution in [2.45, 2.75) is 32.9 Å². The van der Waals surface area contributed by atoms with Gasteiger partial charge in [-0.3, -0.25) is 19.3 Å². The smallest absolute Gasteiger partial charge is 0.244 e. The Balaban J connectivity index is 1.66. The van der Waals surface area contributed by atoms with Crippen molar-refractivity contribution in [3.63, 3.8) is 0 Å². The number of ketones is 1. The van der Waals surface area contributed by atoms with Crippen LogP contribution in [0.1, 0.15) is 35.2 Å². The van der Waals surface area contributed by atoms with E-state index in [0.29, 0.717) is 5.69 Å². The van der Waals surface area contributed by atoms with E-state index >= 15 is 0 Å². The molecule has 1 N–H and O–H groups in total. The average Bonchev–Trinajstić information content (AvgIpc) is 3.16. The maximum Gasteiger partial charge on any atom is 0.244 e. The van der Waals surface area contributed by atoms with Gasteiger partial charge in [0, 0.05) is 12.5 Å². The van der Waals surface area contributed by atoms with Crippen molar-refractivity contribution >= 4 is 29.4 Å². The molecule has 2 fully saturated rings. The molecule has 0 spiro atoms. The van der Waals surface area contributed by atoms with Gasteiger partial charge >= 0.3 is 0 Å². The van der Waals surface area contributed by atoms with Gasteiger partial charge in [-0.15, -0.1) is 0 Å². The normalized spacial score (nSPS) is 29.6. The van der Waals surface area contributed by atoms with Gasteiger partial charge in [0.25, 0.3) is 0 Å². The summed E-state index contributed by atoms with van der Waals surface area (Å²) in [5, 5.41) is 0. The molecular weight excluding hydrogens is 364 g/mol. The summed E-state index contributed by atoms with van der Waals surface area (Å²) >= 11 is 0. The summed E-state index contributed by atoms with van der Waals surface area (Å²) in [6, 6.07) is 12.9. The molecule has 0 aromatic heterocycles. The standard InChI is InChI=1S/C24H22N2O3/c1-13-8-9-18(14(2)12-13)26-23(28)19-20(24(26)29)22-17-7-5-4-6-16(17)10-11-25(22)21(19)15(3)27/h4-12,19-22H,1-3H3/p+1/t19-,20+,21-,22-/m0/s1. The number of aryl methyl sites for hydroxylation is 2. The lowest BCUT2D eigenvalue weighted by molar-refractivity contribution is -0.884. The van der Waals surface area contributed by atoms with Gasteiger partial charge in [-0.05, 0) is 37.1 Å². The van der Waals surface area contributed by atoms with Crippen molar-refractivity contribution in [3.8, 4) is 0 Å². The Kier molecular flexibility index (Phi) is 3.87. The van der Waals surface area contributed by atoms with Crippen molar-refractivity contribution in [1.29, 1.82) is 0 Å². The molecule has 3 aliphatic heterocycles. The Labute approximate surface area is 169 Å². The van der Waals surface area contributed by atoms with Gasteiger partial charge in [-0.1, -0.05) is 42.0 Å². The van der Waals surface area contributed by atoms with Gasteiger partial charge in [0.1, 0.15) is 17.9 Å². The largest absolute Gasteiger partial charge is 0.293 e. The van der Waals surface area contributed by atoms with Crippen LogP contribution in [0.5, 0.6) is 0 Å². The number of nitrogens with zero attached hydrogens (tertiary/aromatic N) is 1. The number of benzene rings is 2. The predicted octanol–water partition coefficient (Wildman–Crippen LogP) is 1.99. The van der Waals surface area contributed by atoms with Crippen LogP contribution in [0.25, 0.3) is 6.08 Å². The number of hydrogen-bond acceptors (Lipinski definition) is 3. The molecular formula is C24H23N2O3+. The van der Waals surface area contributed by atoms with E-state index in [1.165, 1.54) is 11.8 Å². The van der Waals surface area contributed by atoms with Crippen LogP contribution >= 0.6 is 0 Å². The van der Waals surface area contributed by atoms with Crippen LogP contribution in [-0.2, 0) is 14.4 Å². The summed E-state index contributed by atoms with van der Waals surface area (Å²) in [6.45, 7) is 5.43. The van der Waals surface area contributed by atoms with Crippen LogP contribution in [0.2, 0.25) is 0 Å². The number of hydrogen-bond donors (Lipinski definition) is 1. The van der Waals surface area contributed by atoms with Crippen LogP contribution < -0.4 is 9.80 Å². The van der Waals surface area contributed by atoms with Crippen LogP contribution in [0.15, 0.2) is 48.7 Å². The molecule has 3 heterocycles. The molecule has 0 saturated carbocycles. The fourth-order valence-electron chi connectivity index (χ4n) is 5.52. The SMILES string of the molecule is CC(=O)[C@H]1[C@H]2C(=O)N(c3ccc(C)cc3C)C(=O)[C@H]2[C@@H]2c3ccccc3C=C[NH+]12. The van der Waals surface area contributed by atoms with Crippen molar-refractivity contribution in [1.82, 2.24) is 0 Å². The van der Waals surface area contributed by atoms with Gasteiger partial charge < -0.3 is 0 Å². The summed E-state index contributed by atoms with van der Waals surface area (Å²) in [5.74, 6) is -1.65. The Bertz CT molecular complexity index is 1100. The topological polar surface area (TPSA) is 58.9 Å². The first kappa shape index (κ1) is 18.0. The number of nitrogens with one attached hydrogen (secondary N) is 1. The van der Waals surface area contributed by atoms with Crippen LogP contribution in [-0.4, -0.2) is 23.6 Å². The molecule has 2 aromatic carbocycles. The molecule has 0 radical (unpaired) electrons. The third-order valence-electron chi connectivity index (χ3n) is 6.65. The molecule has 5 nitrogen and oxygen atoms in total. The highest BCUT2D eigenvalue weighted by Gasteiger charge is 2.67. The lowest BCUT2D eigenvalue weighted by atomic mass is 9.84. The van der Waals surface area contributed by atoms with Gasteiger partial charge in [0.15, 0.2) is 11.8 Å². The quantitative estimate of drug-likeness (QED) is 0.802. The second-order valence-electron chi connectivity index (χ2n) is 8.38. The fraction of sp³-hybridized carbons (Fsp3) is 0.292. The average molecular weight is 387 g/mol. The number of carbonyl (C=O) groups is 3. The zero-order chi connectivity index (χ0) is 20.4. The Morgan fingerprint density at radius 2 is 1.72 bits per heavy atom. The Morgan fingerprint density at radius 3 is 2.45 bits per heavy atom. The van der Waals surface area contributed by atoms with Gasteiger partial charge in [-0.2, -0.15) is 0 Å². The van der Waals surface area contributed by atoms with E-state index in [9.17, 15) is 14.4 Å². The molecule has 2 aromatic rings. The minimum Gasteiger partial charge on any atom is -0.293 e. The molecule has 5 atom stereocenters. The number of anilines is 1. The third-order valence-corrected chi connectivity index (χ3v) is 6.65. The number of Topliss-reactive ketones (excluding diaryl/α,β-unsaturated/α-hetero) is 1. The van der Waals surface area contributed by atoms with E-state index in [0.717, 1.165) is 27.2 Å². The van der Waals surface area contributed by atoms with Crippen molar-refractivity contribution in [3.05, 3.63) is 70.9 Å². The first-order valence-electron chi connectivity index (χ1n) is 9.99. The maximum atomic E-state index is 13.6. The van der Waals surface area contributed by atoms with E-state index in [4.69, 9.17) is 0 Å². The molecule has 5 rings (SSSR count).